The van der Waals surface area contributed by atoms with Crippen LogP contribution in [0, 0.1) is 13.8 Å². The number of hydrogen-bond acceptors (Lipinski definition) is 5. The second kappa shape index (κ2) is 10.5. The molecule has 1 aliphatic rings. The van der Waals surface area contributed by atoms with Gasteiger partial charge in [-0.1, -0.05) is 12.1 Å². The Balaban J connectivity index is 1.92. The number of nitrogens with zero attached hydrogens (tertiary/aromatic N) is 1. The third kappa shape index (κ3) is 5.28. The maximum absolute atomic E-state index is 13.6. The number of carbonyl (C=O) groups is 2. The molecule has 31 heavy (non-hydrogen) atoms. The van der Waals surface area contributed by atoms with Crippen LogP contribution in [-0.2, 0) is 16.0 Å². The minimum Gasteiger partial charge on any atom is -0.493 e. The molecule has 1 aliphatic heterocycles. The Hall–Kier alpha value is -2.80. The Bertz CT molecular complexity index is 915. The number of amides is 1. The first-order chi connectivity index (χ1) is 15.0. The van der Waals surface area contributed by atoms with Crippen LogP contribution >= 0.6 is 0 Å². The Labute approximate surface area is 183 Å². The Morgan fingerprint density at radius 3 is 2.65 bits per heavy atom. The summed E-state index contributed by atoms with van der Waals surface area (Å²) in [4.78, 5) is 30.8. The fourth-order valence-corrected chi connectivity index (χ4v) is 3.97. The van der Waals surface area contributed by atoms with Crippen LogP contribution in [0.3, 0.4) is 0 Å². The van der Waals surface area contributed by atoms with Gasteiger partial charge >= 0.3 is 5.97 Å². The number of nitrogens with one attached hydrogen (secondary N) is 1. The number of rotatable bonds is 9. The van der Waals surface area contributed by atoms with Crippen LogP contribution in [0.25, 0.3) is 0 Å². The second-order valence-corrected chi connectivity index (χ2v) is 7.70. The van der Waals surface area contributed by atoms with E-state index < -0.39 is 0 Å². The van der Waals surface area contributed by atoms with Crippen molar-refractivity contribution in [2.45, 2.75) is 53.2 Å². The zero-order chi connectivity index (χ0) is 22.4. The predicted molar refractivity (Wildman–Crippen MR) is 118 cm³/mol. The van der Waals surface area contributed by atoms with Gasteiger partial charge in [0.25, 0.3) is 5.91 Å². The van der Waals surface area contributed by atoms with Gasteiger partial charge in [-0.15, -0.1) is 0 Å². The standard InChI is InChI=1S/C24H32N2O5/c1-5-29-21-12-8-7-11-19(21)23(27)26(14-18-10-9-13-31-18)15-20-16(3)22(25-17(20)4)24(28)30-6-2/h7-8,11-12,18,25H,5-6,9-10,13-15H2,1-4H3/t18-/m1/s1. The predicted octanol–water partition coefficient (Wildman–Crippen LogP) is 4.03. The van der Waals surface area contributed by atoms with Gasteiger partial charge in [-0.05, 0) is 63.8 Å². The number of aromatic amines is 1. The van der Waals surface area contributed by atoms with Gasteiger partial charge in [-0.3, -0.25) is 4.79 Å². The van der Waals surface area contributed by atoms with Crippen LogP contribution in [0.4, 0.5) is 0 Å². The highest BCUT2D eigenvalue weighted by molar-refractivity contribution is 5.97. The molecule has 0 spiro atoms. The van der Waals surface area contributed by atoms with E-state index in [1.807, 2.05) is 39.0 Å². The van der Waals surface area contributed by atoms with E-state index >= 15 is 0 Å². The first-order valence-electron chi connectivity index (χ1n) is 10.9. The van der Waals surface area contributed by atoms with Crippen LogP contribution in [0.2, 0.25) is 0 Å². The fourth-order valence-electron chi connectivity index (χ4n) is 3.97. The van der Waals surface area contributed by atoms with Gasteiger partial charge in [0.1, 0.15) is 11.4 Å². The lowest BCUT2D eigenvalue weighted by atomic mass is 10.1. The minimum atomic E-state index is -0.381. The van der Waals surface area contributed by atoms with Gasteiger partial charge in [0.15, 0.2) is 0 Å². The van der Waals surface area contributed by atoms with E-state index in [4.69, 9.17) is 14.2 Å². The van der Waals surface area contributed by atoms with E-state index in [2.05, 4.69) is 4.98 Å². The lowest BCUT2D eigenvalue weighted by Gasteiger charge is -2.27. The number of hydrogen-bond donors (Lipinski definition) is 1. The fraction of sp³-hybridized carbons (Fsp3) is 0.500. The molecule has 168 valence electrons. The Morgan fingerprint density at radius 1 is 1.19 bits per heavy atom. The summed E-state index contributed by atoms with van der Waals surface area (Å²) in [5.41, 5.74) is 3.54. The number of aryl methyl sites for hydroxylation is 1. The highest BCUT2D eigenvalue weighted by atomic mass is 16.5. The van der Waals surface area contributed by atoms with Crippen molar-refractivity contribution < 1.29 is 23.8 Å². The average Bonchev–Trinajstić information content (AvgIpc) is 3.37. The molecule has 0 saturated carbocycles. The third-order valence-electron chi connectivity index (χ3n) is 5.57. The van der Waals surface area contributed by atoms with Crippen LogP contribution in [0.15, 0.2) is 24.3 Å². The van der Waals surface area contributed by atoms with E-state index in [9.17, 15) is 9.59 Å². The van der Waals surface area contributed by atoms with Crippen LogP contribution < -0.4 is 4.74 Å². The summed E-state index contributed by atoms with van der Waals surface area (Å²) >= 11 is 0. The molecule has 1 fully saturated rings. The quantitative estimate of drug-likeness (QED) is 0.610. The average molecular weight is 429 g/mol. The SMILES string of the molecule is CCOC(=O)c1[nH]c(C)c(CN(C[C@H]2CCCO2)C(=O)c2ccccc2OCC)c1C. The Morgan fingerprint density at radius 2 is 1.97 bits per heavy atom. The Kier molecular flexibility index (Phi) is 7.74. The van der Waals surface area contributed by atoms with Crippen LogP contribution in [0.1, 0.15) is 64.4 Å². The number of carbonyl (C=O) groups excluding carboxylic acids is 2. The molecule has 0 aliphatic carbocycles. The van der Waals surface area contributed by atoms with Crippen molar-refractivity contribution in [1.82, 2.24) is 9.88 Å². The zero-order valence-electron chi connectivity index (χ0n) is 18.8. The van der Waals surface area contributed by atoms with Crippen molar-refractivity contribution in [2.75, 3.05) is 26.4 Å². The largest absolute Gasteiger partial charge is 0.493 e. The molecule has 1 N–H and O–H groups in total. The van der Waals surface area contributed by atoms with E-state index in [1.165, 1.54) is 0 Å². The van der Waals surface area contributed by atoms with Gasteiger partial charge in [0, 0.05) is 25.4 Å². The number of benzene rings is 1. The molecule has 2 aromatic rings. The van der Waals surface area contributed by atoms with Gasteiger partial charge in [-0.25, -0.2) is 4.79 Å². The van der Waals surface area contributed by atoms with Gasteiger partial charge in [-0.2, -0.15) is 0 Å². The van der Waals surface area contributed by atoms with E-state index in [0.29, 0.717) is 43.3 Å². The first-order valence-corrected chi connectivity index (χ1v) is 10.9. The second-order valence-electron chi connectivity index (χ2n) is 7.70. The molecule has 7 heteroatoms. The van der Waals surface area contributed by atoms with Crippen molar-refractivity contribution in [2.24, 2.45) is 0 Å². The van der Waals surface area contributed by atoms with Gasteiger partial charge < -0.3 is 24.1 Å². The number of esters is 1. The van der Waals surface area contributed by atoms with E-state index in [0.717, 1.165) is 36.3 Å². The smallest absolute Gasteiger partial charge is 0.355 e. The van der Waals surface area contributed by atoms with Crippen molar-refractivity contribution in [3.63, 3.8) is 0 Å². The topological polar surface area (TPSA) is 80.9 Å². The summed E-state index contributed by atoms with van der Waals surface area (Å²) in [6.07, 6.45) is 1.93. The molecule has 0 unspecified atom stereocenters. The molecule has 2 heterocycles. The number of para-hydroxylation sites is 1. The normalized spacial score (nSPS) is 15.7. The summed E-state index contributed by atoms with van der Waals surface area (Å²) in [5, 5.41) is 0. The summed E-state index contributed by atoms with van der Waals surface area (Å²) in [5.74, 6) is 0.0762. The van der Waals surface area contributed by atoms with Crippen molar-refractivity contribution in [3.05, 3.63) is 52.3 Å². The van der Waals surface area contributed by atoms with Crippen molar-refractivity contribution in [1.29, 1.82) is 0 Å². The molecule has 1 aromatic carbocycles. The van der Waals surface area contributed by atoms with Crippen molar-refractivity contribution in [3.8, 4) is 5.75 Å². The van der Waals surface area contributed by atoms with E-state index in [1.54, 1.807) is 17.9 Å². The number of ether oxygens (including phenoxy) is 3. The summed E-state index contributed by atoms with van der Waals surface area (Å²) < 4.78 is 16.7. The van der Waals surface area contributed by atoms with Crippen molar-refractivity contribution >= 4 is 11.9 Å². The molecule has 1 saturated heterocycles. The lowest BCUT2D eigenvalue weighted by Crippen LogP contribution is -2.37. The molecular weight excluding hydrogens is 396 g/mol. The monoisotopic (exact) mass is 428 g/mol. The summed E-state index contributed by atoms with van der Waals surface area (Å²) in [7, 11) is 0. The molecule has 1 atom stereocenters. The molecule has 0 bridgehead atoms. The zero-order valence-corrected chi connectivity index (χ0v) is 18.8. The van der Waals surface area contributed by atoms with Crippen LogP contribution in [-0.4, -0.2) is 54.2 Å². The summed E-state index contributed by atoms with van der Waals surface area (Å²) in [6, 6.07) is 7.30. The number of aromatic nitrogens is 1. The highest BCUT2D eigenvalue weighted by Crippen LogP contribution is 2.26. The highest BCUT2D eigenvalue weighted by Gasteiger charge is 2.28. The van der Waals surface area contributed by atoms with Crippen LogP contribution in [0.5, 0.6) is 5.75 Å². The third-order valence-corrected chi connectivity index (χ3v) is 5.57. The minimum absolute atomic E-state index is 0.00675. The first kappa shape index (κ1) is 22.9. The maximum atomic E-state index is 13.6. The lowest BCUT2D eigenvalue weighted by molar-refractivity contribution is 0.0503. The molecule has 7 nitrogen and oxygen atoms in total. The summed E-state index contributed by atoms with van der Waals surface area (Å²) in [6.45, 7) is 9.83. The molecule has 1 aromatic heterocycles. The molecule has 0 radical (unpaired) electrons. The molecule has 3 rings (SSSR count). The van der Waals surface area contributed by atoms with Gasteiger partial charge in [0.05, 0.1) is 24.9 Å². The van der Waals surface area contributed by atoms with E-state index in [-0.39, 0.29) is 18.0 Å². The molecular formula is C24H32N2O5. The maximum Gasteiger partial charge on any atom is 0.355 e. The van der Waals surface area contributed by atoms with Gasteiger partial charge in [0.2, 0.25) is 0 Å². The number of H-pyrrole nitrogens is 1. The molecule has 1 amide bonds.